The van der Waals surface area contributed by atoms with Crippen LogP contribution in [0, 0.1) is 0 Å². The van der Waals surface area contributed by atoms with Crippen molar-refractivity contribution < 1.29 is 0 Å². The van der Waals surface area contributed by atoms with Crippen LogP contribution in [0.2, 0.25) is 0 Å². The predicted octanol–water partition coefficient (Wildman–Crippen LogP) is 3.88. The SMILES string of the molecule is Brc1cccc2c1C1=CC=CCC1=N2. The first-order valence-electron chi connectivity index (χ1n) is 4.60. The van der Waals surface area contributed by atoms with E-state index in [9.17, 15) is 0 Å². The molecule has 1 aromatic carbocycles. The number of benzene rings is 1. The average Bonchev–Trinajstić information content (AvgIpc) is 2.57. The van der Waals surface area contributed by atoms with Crippen LogP contribution in [-0.2, 0) is 0 Å². The maximum Gasteiger partial charge on any atom is 0.0723 e. The zero-order chi connectivity index (χ0) is 9.54. The smallest absolute Gasteiger partial charge is 0.0723 e. The van der Waals surface area contributed by atoms with Gasteiger partial charge in [-0.2, -0.15) is 0 Å². The van der Waals surface area contributed by atoms with E-state index in [4.69, 9.17) is 0 Å². The van der Waals surface area contributed by atoms with Gasteiger partial charge in [0.25, 0.3) is 0 Å². The molecule has 1 nitrogen and oxygen atoms in total. The molecular formula is C12H8BrN. The maximum atomic E-state index is 4.60. The molecular weight excluding hydrogens is 238 g/mol. The molecule has 14 heavy (non-hydrogen) atoms. The van der Waals surface area contributed by atoms with Crippen LogP contribution in [0.5, 0.6) is 0 Å². The zero-order valence-corrected chi connectivity index (χ0v) is 9.08. The van der Waals surface area contributed by atoms with Gasteiger partial charge < -0.3 is 0 Å². The van der Waals surface area contributed by atoms with Crippen LogP contribution in [-0.4, -0.2) is 5.71 Å². The summed E-state index contributed by atoms with van der Waals surface area (Å²) in [5.74, 6) is 0. The highest BCUT2D eigenvalue weighted by molar-refractivity contribution is 9.10. The number of nitrogens with zero attached hydrogens (tertiary/aromatic N) is 1. The van der Waals surface area contributed by atoms with Gasteiger partial charge in [-0.05, 0) is 12.1 Å². The highest BCUT2D eigenvalue weighted by Gasteiger charge is 2.22. The van der Waals surface area contributed by atoms with Gasteiger partial charge in [0.2, 0.25) is 0 Å². The minimum absolute atomic E-state index is 0.951. The van der Waals surface area contributed by atoms with Crippen molar-refractivity contribution in [2.24, 2.45) is 4.99 Å². The Balaban J connectivity index is 2.29. The minimum atomic E-state index is 0.951. The number of hydrogen-bond donors (Lipinski definition) is 0. The number of fused-ring (bicyclic) bond motifs is 3. The Morgan fingerprint density at radius 3 is 3.14 bits per heavy atom. The number of rotatable bonds is 0. The normalized spacial score (nSPS) is 17.2. The zero-order valence-electron chi connectivity index (χ0n) is 7.50. The second-order valence-electron chi connectivity index (χ2n) is 3.41. The molecule has 1 heterocycles. The molecule has 1 aromatic rings. The van der Waals surface area contributed by atoms with Crippen molar-refractivity contribution in [2.75, 3.05) is 0 Å². The second-order valence-corrected chi connectivity index (χ2v) is 4.26. The second kappa shape index (κ2) is 2.92. The van der Waals surface area contributed by atoms with Crippen LogP contribution in [0.4, 0.5) is 5.69 Å². The summed E-state index contributed by atoms with van der Waals surface area (Å²) in [6.07, 6.45) is 7.33. The summed E-state index contributed by atoms with van der Waals surface area (Å²) in [5.41, 5.74) is 4.79. The van der Waals surface area contributed by atoms with E-state index in [0.29, 0.717) is 0 Å². The summed E-state index contributed by atoms with van der Waals surface area (Å²) >= 11 is 3.57. The Morgan fingerprint density at radius 2 is 2.21 bits per heavy atom. The fraction of sp³-hybridized carbons (Fsp3) is 0.0833. The molecule has 2 heteroatoms. The van der Waals surface area contributed by atoms with Crippen LogP contribution < -0.4 is 0 Å². The first kappa shape index (κ1) is 8.18. The van der Waals surface area contributed by atoms with Crippen molar-refractivity contribution >= 4 is 32.9 Å². The van der Waals surface area contributed by atoms with Gasteiger partial charge in [-0.3, -0.25) is 4.99 Å². The van der Waals surface area contributed by atoms with E-state index >= 15 is 0 Å². The molecule has 0 unspecified atom stereocenters. The first-order valence-corrected chi connectivity index (χ1v) is 5.39. The van der Waals surface area contributed by atoms with Crippen molar-refractivity contribution in [1.29, 1.82) is 0 Å². The molecule has 3 rings (SSSR count). The predicted molar refractivity (Wildman–Crippen MR) is 63.0 cm³/mol. The summed E-state index contributed by atoms with van der Waals surface area (Å²) in [4.78, 5) is 4.60. The van der Waals surface area contributed by atoms with Gasteiger partial charge in [0.05, 0.1) is 11.4 Å². The molecule has 0 aromatic heterocycles. The molecule has 2 aliphatic rings. The molecule has 0 bridgehead atoms. The Labute approximate surface area is 91.0 Å². The fourth-order valence-electron chi connectivity index (χ4n) is 1.90. The van der Waals surface area contributed by atoms with E-state index in [1.807, 2.05) is 6.07 Å². The molecule has 0 atom stereocenters. The van der Waals surface area contributed by atoms with E-state index in [1.165, 1.54) is 16.8 Å². The van der Waals surface area contributed by atoms with Crippen LogP contribution in [0.3, 0.4) is 0 Å². The number of allylic oxidation sites excluding steroid dienone is 4. The average molecular weight is 246 g/mol. The summed E-state index contributed by atoms with van der Waals surface area (Å²) in [5, 5.41) is 0. The molecule has 68 valence electrons. The molecule has 1 aliphatic carbocycles. The van der Waals surface area contributed by atoms with E-state index in [1.54, 1.807) is 0 Å². The highest BCUT2D eigenvalue weighted by atomic mass is 79.9. The van der Waals surface area contributed by atoms with Gasteiger partial charge in [-0.15, -0.1) is 0 Å². The van der Waals surface area contributed by atoms with Gasteiger partial charge in [0.1, 0.15) is 0 Å². The number of hydrogen-bond acceptors (Lipinski definition) is 1. The highest BCUT2D eigenvalue weighted by Crippen LogP contribution is 2.41. The molecule has 0 amide bonds. The third kappa shape index (κ3) is 1.04. The quantitative estimate of drug-likeness (QED) is 0.658. The Morgan fingerprint density at radius 1 is 1.29 bits per heavy atom. The molecule has 0 N–H and O–H groups in total. The van der Waals surface area contributed by atoms with Gasteiger partial charge in [-0.25, -0.2) is 0 Å². The largest absolute Gasteiger partial charge is 0.252 e. The third-order valence-corrected chi connectivity index (χ3v) is 3.20. The first-order chi connectivity index (χ1) is 6.86. The van der Waals surface area contributed by atoms with E-state index in [0.717, 1.165) is 16.6 Å². The summed E-state index contributed by atoms with van der Waals surface area (Å²) < 4.78 is 1.13. The van der Waals surface area contributed by atoms with Gasteiger partial charge in [0.15, 0.2) is 0 Å². The Hall–Kier alpha value is -1.15. The lowest BCUT2D eigenvalue weighted by Crippen LogP contribution is -1.98. The molecule has 0 saturated heterocycles. The van der Waals surface area contributed by atoms with Gasteiger partial charge >= 0.3 is 0 Å². The maximum absolute atomic E-state index is 4.60. The van der Waals surface area contributed by atoms with Crippen molar-refractivity contribution in [3.63, 3.8) is 0 Å². The lowest BCUT2D eigenvalue weighted by molar-refractivity contribution is 1.44. The van der Waals surface area contributed by atoms with Gasteiger partial charge in [0, 0.05) is 22.0 Å². The van der Waals surface area contributed by atoms with E-state index in [2.05, 4.69) is 51.3 Å². The van der Waals surface area contributed by atoms with Crippen molar-refractivity contribution in [3.05, 3.63) is 46.5 Å². The fourth-order valence-corrected chi connectivity index (χ4v) is 2.47. The monoisotopic (exact) mass is 245 g/mol. The van der Waals surface area contributed by atoms with E-state index < -0.39 is 0 Å². The number of halogens is 1. The summed E-state index contributed by atoms with van der Waals surface area (Å²) in [6, 6.07) is 6.15. The summed E-state index contributed by atoms with van der Waals surface area (Å²) in [7, 11) is 0. The van der Waals surface area contributed by atoms with Crippen molar-refractivity contribution in [3.8, 4) is 0 Å². The van der Waals surface area contributed by atoms with Crippen LogP contribution in [0.15, 0.2) is 45.9 Å². The lowest BCUT2D eigenvalue weighted by atomic mass is 9.98. The standard InChI is InChI=1S/C12H8BrN/c13-9-5-3-7-11-12(9)8-4-1-2-6-10(8)14-11/h1-5,7H,6H2. The van der Waals surface area contributed by atoms with Crippen molar-refractivity contribution in [1.82, 2.24) is 0 Å². The minimum Gasteiger partial charge on any atom is -0.252 e. The molecule has 1 aliphatic heterocycles. The Kier molecular flexibility index (Phi) is 1.71. The molecule has 0 radical (unpaired) electrons. The lowest BCUT2D eigenvalue weighted by Gasteiger charge is -2.06. The Bertz CT molecular complexity index is 495. The van der Waals surface area contributed by atoms with Crippen LogP contribution in [0.25, 0.3) is 5.57 Å². The van der Waals surface area contributed by atoms with E-state index in [-0.39, 0.29) is 0 Å². The van der Waals surface area contributed by atoms with Gasteiger partial charge in [-0.1, -0.05) is 40.2 Å². The van der Waals surface area contributed by atoms with Crippen LogP contribution >= 0.6 is 15.9 Å². The number of aliphatic imine (C=N–C) groups is 1. The van der Waals surface area contributed by atoms with Crippen molar-refractivity contribution in [2.45, 2.75) is 6.42 Å². The third-order valence-electron chi connectivity index (χ3n) is 2.54. The molecule has 0 fully saturated rings. The summed E-state index contributed by atoms with van der Waals surface area (Å²) in [6.45, 7) is 0. The molecule has 0 saturated carbocycles. The van der Waals surface area contributed by atoms with Crippen LogP contribution in [0.1, 0.15) is 12.0 Å². The molecule has 0 spiro atoms. The topological polar surface area (TPSA) is 12.4 Å².